The van der Waals surface area contributed by atoms with Crippen molar-refractivity contribution in [3.63, 3.8) is 0 Å². The van der Waals surface area contributed by atoms with Gasteiger partial charge in [0.15, 0.2) is 0 Å². The molecular weight excluding hydrogens is 284 g/mol. The average Bonchev–Trinajstić information content (AvgIpc) is 2.19. The molecule has 0 N–H and O–H groups in total. The fraction of sp³-hybridized carbons (Fsp3) is 0.538. The Labute approximate surface area is 111 Å². The molecular formula is C13H17BrOS. The molecule has 1 nitrogen and oxygen atoms in total. The molecule has 1 aliphatic carbocycles. The van der Waals surface area contributed by atoms with Crippen molar-refractivity contribution < 1.29 is 4.74 Å². The monoisotopic (exact) mass is 300 g/mol. The lowest BCUT2D eigenvalue weighted by Gasteiger charge is -2.40. The molecule has 1 fully saturated rings. The fourth-order valence-electron chi connectivity index (χ4n) is 1.98. The Morgan fingerprint density at radius 2 is 2.19 bits per heavy atom. The largest absolute Gasteiger partial charge is 0.492 e. The summed E-state index contributed by atoms with van der Waals surface area (Å²) in [4.78, 5) is 0. The molecule has 2 rings (SSSR count). The molecule has 0 aromatic heterocycles. The van der Waals surface area contributed by atoms with E-state index in [1.54, 1.807) is 0 Å². The maximum atomic E-state index is 5.89. The summed E-state index contributed by atoms with van der Waals surface area (Å²) >= 11 is 7.96. The van der Waals surface area contributed by atoms with Gasteiger partial charge in [-0.1, -0.05) is 12.5 Å². The van der Waals surface area contributed by atoms with Crippen LogP contribution in [0, 0.1) is 12.3 Å². The minimum absolute atomic E-state index is 0.327. The molecule has 0 atom stereocenters. The summed E-state index contributed by atoms with van der Waals surface area (Å²) in [7, 11) is 0. The van der Waals surface area contributed by atoms with E-state index in [9.17, 15) is 0 Å². The number of aryl methyl sites for hydroxylation is 1. The first-order valence-electron chi connectivity index (χ1n) is 5.65. The third kappa shape index (κ3) is 2.57. The van der Waals surface area contributed by atoms with E-state index in [1.165, 1.54) is 24.8 Å². The van der Waals surface area contributed by atoms with E-state index < -0.39 is 0 Å². The van der Waals surface area contributed by atoms with Crippen LogP contribution in [0.3, 0.4) is 0 Å². The van der Waals surface area contributed by atoms with Crippen LogP contribution >= 0.6 is 28.6 Å². The summed E-state index contributed by atoms with van der Waals surface area (Å²) in [5.41, 5.74) is 1.57. The van der Waals surface area contributed by atoms with Gasteiger partial charge in [0.25, 0.3) is 0 Å². The van der Waals surface area contributed by atoms with E-state index in [-0.39, 0.29) is 0 Å². The van der Waals surface area contributed by atoms with E-state index in [1.807, 2.05) is 6.07 Å². The third-order valence-corrected chi connectivity index (χ3v) is 4.66. The summed E-state index contributed by atoms with van der Waals surface area (Å²) in [5.74, 6) is 1.87. The van der Waals surface area contributed by atoms with E-state index in [0.29, 0.717) is 5.41 Å². The zero-order valence-electron chi connectivity index (χ0n) is 9.50. The molecule has 0 radical (unpaired) electrons. The fourth-order valence-corrected chi connectivity index (χ4v) is 2.99. The first kappa shape index (κ1) is 12.3. The molecule has 1 aromatic carbocycles. The molecule has 88 valence electrons. The maximum Gasteiger partial charge on any atom is 0.133 e. The molecule has 1 saturated carbocycles. The summed E-state index contributed by atoms with van der Waals surface area (Å²) in [6, 6.07) is 6.20. The van der Waals surface area contributed by atoms with Gasteiger partial charge >= 0.3 is 0 Å². The predicted molar refractivity (Wildman–Crippen MR) is 74.5 cm³/mol. The number of benzene rings is 1. The average molecular weight is 301 g/mol. The van der Waals surface area contributed by atoms with E-state index in [0.717, 1.165) is 22.6 Å². The van der Waals surface area contributed by atoms with Gasteiger partial charge in [-0.3, -0.25) is 0 Å². The molecule has 1 aliphatic rings. The second-order valence-corrected chi connectivity index (χ2v) is 5.90. The van der Waals surface area contributed by atoms with Crippen LogP contribution in [0.1, 0.15) is 24.8 Å². The van der Waals surface area contributed by atoms with Crippen LogP contribution in [0.25, 0.3) is 0 Å². The Bertz CT molecular complexity index is 369. The topological polar surface area (TPSA) is 9.23 Å². The van der Waals surface area contributed by atoms with Crippen LogP contribution in [0.15, 0.2) is 22.7 Å². The second kappa shape index (κ2) is 5.01. The summed E-state index contributed by atoms with van der Waals surface area (Å²) in [6.07, 6.45) is 3.82. The van der Waals surface area contributed by atoms with Gasteiger partial charge in [0.05, 0.1) is 11.1 Å². The van der Waals surface area contributed by atoms with E-state index in [2.05, 4.69) is 47.6 Å². The maximum absolute atomic E-state index is 5.89. The molecule has 0 amide bonds. The standard InChI is InChI=1S/C13H17BrOS/c1-10-3-4-12(11(14)7-10)15-8-13(9-16)5-2-6-13/h3-4,7,16H,2,5-6,8-9H2,1H3. The van der Waals surface area contributed by atoms with Gasteiger partial charge in [0.2, 0.25) is 0 Å². The first-order chi connectivity index (χ1) is 7.65. The van der Waals surface area contributed by atoms with Gasteiger partial charge in [-0.05, 0) is 59.1 Å². The number of hydrogen-bond donors (Lipinski definition) is 1. The summed E-state index contributed by atoms with van der Waals surface area (Å²) in [6.45, 7) is 2.87. The third-order valence-electron chi connectivity index (χ3n) is 3.37. The van der Waals surface area contributed by atoms with Crippen molar-refractivity contribution in [1.82, 2.24) is 0 Å². The molecule has 3 heteroatoms. The molecule has 0 spiro atoms. The Balaban J connectivity index is 1.99. The lowest BCUT2D eigenvalue weighted by Crippen LogP contribution is -2.37. The van der Waals surface area contributed by atoms with Gasteiger partial charge in [0, 0.05) is 5.41 Å². The Morgan fingerprint density at radius 3 is 2.69 bits per heavy atom. The zero-order chi connectivity index (χ0) is 11.6. The van der Waals surface area contributed by atoms with Crippen molar-refractivity contribution in [2.45, 2.75) is 26.2 Å². The Hall–Kier alpha value is -0.150. The highest BCUT2D eigenvalue weighted by molar-refractivity contribution is 9.10. The van der Waals surface area contributed by atoms with Crippen LogP contribution in [-0.4, -0.2) is 12.4 Å². The van der Waals surface area contributed by atoms with Crippen molar-refractivity contribution in [3.05, 3.63) is 28.2 Å². The molecule has 16 heavy (non-hydrogen) atoms. The normalized spacial score (nSPS) is 17.9. The Kier molecular flexibility index (Phi) is 3.85. The Morgan fingerprint density at radius 1 is 1.44 bits per heavy atom. The number of halogens is 1. The van der Waals surface area contributed by atoms with Gasteiger partial charge in [-0.25, -0.2) is 0 Å². The van der Waals surface area contributed by atoms with Crippen molar-refractivity contribution in [2.75, 3.05) is 12.4 Å². The van der Waals surface area contributed by atoms with Gasteiger partial charge in [-0.15, -0.1) is 0 Å². The molecule has 1 aromatic rings. The highest BCUT2D eigenvalue weighted by Gasteiger charge is 2.36. The molecule has 0 bridgehead atoms. The predicted octanol–water partition coefficient (Wildman–Crippen LogP) is 4.24. The number of rotatable bonds is 4. The zero-order valence-corrected chi connectivity index (χ0v) is 12.0. The minimum Gasteiger partial charge on any atom is -0.492 e. The van der Waals surface area contributed by atoms with Gasteiger partial charge < -0.3 is 4.74 Å². The molecule has 0 aliphatic heterocycles. The van der Waals surface area contributed by atoms with Crippen LogP contribution in [0.2, 0.25) is 0 Å². The molecule has 0 saturated heterocycles. The quantitative estimate of drug-likeness (QED) is 0.819. The van der Waals surface area contributed by atoms with Crippen LogP contribution < -0.4 is 4.74 Å². The highest BCUT2D eigenvalue weighted by Crippen LogP contribution is 2.42. The number of thiol groups is 1. The van der Waals surface area contributed by atoms with Crippen molar-refractivity contribution >= 4 is 28.6 Å². The van der Waals surface area contributed by atoms with Crippen LogP contribution in [0.5, 0.6) is 5.75 Å². The number of ether oxygens (including phenoxy) is 1. The van der Waals surface area contributed by atoms with Crippen molar-refractivity contribution in [3.8, 4) is 5.75 Å². The molecule has 0 unspecified atom stereocenters. The van der Waals surface area contributed by atoms with E-state index in [4.69, 9.17) is 4.74 Å². The minimum atomic E-state index is 0.327. The highest BCUT2D eigenvalue weighted by atomic mass is 79.9. The van der Waals surface area contributed by atoms with E-state index >= 15 is 0 Å². The lowest BCUT2D eigenvalue weighted by molar-refractivity contribution is 0.0825. The molecule has 0 heterocycles. The van der Waals surface area contributed by atoms with Crippen molar-refractivity contribution in [2.24, 2.45) is 5.41 Å². The SMILES string of the molecule is Cc1ccc(OCC2(CS)CCC2)c(Br)c1. The number of hydrogen-bond acceptors (Lipinski definition) is 2. The smallest absolute Gasteiger partial charge is 0.133 e. The van der Waals surface area contributed by atoms with Crippen molar-refractivity contribution in [1.29, 1.82) is 0 Å². The first-order valence-corrected chi connectivity index (χ1v) is 7.08. The summed E-state index contributed by atoms with van der Waals surface area (Å²) in [5, 5.41) is 0. The van der Waals surface area contributed by atoms with Gasteiger partial charge in [0.1, 0.15) is 5.75 Å². The van der Waals surface area contributed by atoms with Crippen LogP contribution in [0.4, 0.5) is 0 Å². The van der Waals surface area contributed by atoms with Crippen LogP contribution in [-0.2, 0) is 0 Å². The second-order valence-electron chi connectivity index (χ2n) is 4.73. The van der Waals surface area contributed by atoms with Gasteiger partial charge in [-0.2, -0.15) is 12.6 Å². The summed E-state index contributed by atoms with van der Waals surface area (Å²) < 4.78 is 6.94. The lowest BCUT2D eigenvalue weighted by atomic mass is 9.71.